The lowest BCUT2D eigenvalue weighted by atomic mass is 10.1. The molecule has 0 amide bonds. The number of aryl methyl sites for hydroxylation is 1. The second-order valence-electron chi connectivity index (χ2n) is 2.94. The van der Waals surface area contributed by atoms with Crippen molar-refractivity contribution in [2.75, 3.05) is 6.26 Å². The summed E-state index contributed by atoms with van der Waals surface area (Å²) in [6.07, 6.45) is 5.72. The maximum absolute atomic E-state index is 4.94. The number of hydrazone groups is 1. The quantitative estimate of drug-likeness (QED) is 0.496. The van der Waals surface area contributed by atoms with Crippen LogP contribution < -0.4 is 5.43 Å². The molecule has 0 unspecified atom stereocenters. The number of thioether (sulfide) groups is 1. The molecular formula is C11H14N2S2. The average molecular weight is 238 g/mol. The van der Waals surface area contributed by atoms with E-state index in [2.05, 4.69) is 22.7 Å². The van der Waals surface area contributed by atoms with E-state index < -0.39 is 0 Å². The van der Waals surface area contributed by atoms with Gasteiger partial charge in [-0.15, -0.1) is 0 Å². The zero-order chi connectivity index (χ0) is 10.9. The molecule has 1 rings (SSSR count). The molecule has 0 aliphatic heterocycles. The number of nitrogens with zero attached hydrogens (tertiary/aromatic N) is 1. The Labute approximate surface area is 100 Å². The maximum Gasteiger partial charge on any atom is 0.153 e. The van der Waals surface area contributed by atoms with Gasteiger partial charge >= 0.3 is 0 Å². The topological polar surface area (TPSA) is 24.4 Å². The van der Waals surface area contributed by atoms with Crippen molar-refractivity contribution in [1.82, 2.24) is 5.43 Å². The van der Waals surface area contributed by atoms with E-state index in [1.165, 1.54) is 17.3 Å². The molecule has 0 aliphatic rings. The first-order valence-corrected chi connectivity index (χ1v) is 6.35. The Morgan fingerprint density at radius 2 is 2.20 bits per heavy atom. The Morgan fingerprint density at radius 1 is 1.47 bits per heavy atom. The number of hydrogen-bond donors (Lipinski definition) is 1. The molecule has 0 bridgehead atoms. The van der Waals surface area contributed by atoms with Gasteiger partial charge < -0.3 is 0 Å². The summed E-state index contributed by atoms with van der Waals surface area (Å²) in [6, 6.07) is 10.4. The summed E-state index contributed by atoms with van der Waals surface area (Å²) < 4.78 is 0.700. The van der Waals surface area contributed by atoms with Crippen molar-refractivity contribution in [3.8, 4) is 0 Å². The van der Waals surface area contributed by atoms with Crippen molar-refractivity contribution in [3.63, 3.8) is 0 Å². The van der Waals surface area contributed by atoms with E-state index in [0.29, 0.717) is 4.32 Å². The summed E-state index contributed by atoms with van der Waals surface area (Å²) in [5.41, 5.74) is 4.11. The molecule has 15 heavy (non-hydrogen) atoms. The fraction of sp³-hybridized carbons (Fsp3) is 0.273. The minimum atomic E-state index is 0.700. The van der Waals surface area contributed by atoms with Crippen LogP contribution in [-0.2, 0) is 6.42 Å². The third kappa shape index (κ3) is 5.54. The van der Waals surface area contributed by atoms with Gasteiger partial charge in [-0.2, -0.15) is 5.10 Å². The van der Waals surface area contributed by atoms with Crippen molar-refractivity contribution in [1.29, 1.82) is 0 Å². The Morgan fingerprint density at radius 3 is 2.87 bits per heavy atom. The second-order valence-corrected chi connectivity index (χ2v) is 4.42. The first kappa shape index (κ1) is 12.2. The van der Waals surface area contributed by atoms with Crippen LogP contribution in [0.25, 0.3) is 0 Å². The molecule has 80 valence electrons. The van der Waals surface area contributed by atoms with Gasteiger partial charge in [0.05, 0.1) is 0 Å². The Bertz CT molecular complexity index is 323. The van der Waals surface area contributed by atoms with Gasteiger partial charge in [-0.05, 0) is 24.7 Å². The van der Waals surface area contributed by atoms with Crippen molar-refractivity contribution < 1.29 is 0 Å². The maximum atomic E-state index is 4.94. The smallest absolute Gasteiger partial charge is 0.153 e. The van der Waals surface area contributed by atoms with Crippen LogP contribution in [0, 0.1) is 0 Å². The zero-order valence-corrected chi connectivity index (χ0v) is 10.3. The normalized spacial score (nSPS) is 10.5. The Balaban J connectivity index is 2.19. The molecule has 0 fully saturated rings. The third-order valence-electron chi connectivity index (χ3n) is 1.84. The van der Waals surface area contributed by atoms with Crippen LogP contribution in [0.2, 0.25) is 0 Å². The lowest BCUT2D eigenvalue weighted by Crippen LogP contribution is -2.09. The predicted octanol–water partition coefficient (Wildman–Crippen LogP) is 2.84. The van der Waals surface area contributed by atoms with Crippen molar-refractivity contribution in [2.24, 2.45) is 5.10 Å². The first-order valence-electron chi connectivity index (χ1n) is 4.72. The molecule has 0 saturated carbocycles. The molecule has 0 aromatic heterocycles. The monoisotopic (exact) mass is 238 g/mol. The molecule has 0 spiro atoms. The summed E-state index contributed by atoms with van der Waals surface area (Å²) in [6.45, 7) is 0. The molecular weight excluding hydrogens is 224 g/mol. The first-order chi connectivity index (χ1) is 7.33. The van der Waals surface area contributed by atoms with E-state index >= 15 is 0 Å². The predicted molar refractivity (Wildman–Crippen MR) is 72.5 cm³/mol. The van der Waals surface area contributed by atoms with Crippen LogP contribution >= 0.6 is 24.0 Å². The van der Waals surface area contributed by atoms with Crippen molar-refractivity contribution in [3.05, 3.63) is 35.9 Å². The lowest BCUT2D eigenvalue weighted by molar-refractivity contribution is 1.01. The van der Waals surface area contributed by atoms with Gasteiger partial charge in [-0.3, -0.25) is 5.43 Å². The highest BCUT2D eigenvalue weighted by atomic mass is 32.2. The number of rotatable bonds is 4. The molecule has 0 heterocycles. The van der Waals surface area contributed by atoms with Crippen molar-refractivity contribution >= 4 is 34.5 Å². The van der Waals surface area contributed by atoms with Gasteiger partial charge in [0.2, 0.25) is 0 Å². The van der Waals surface area contributed by atoms with Crippen LogP contribution in [0.1, 0.15) is 12.0 Å². The SMILES string of the molecule is CSC(=S)N/N=C/CCc1ccccc1. The summed E-state index contributed by atoms with van der Waals surface area (Å²) in [7, 11) is 0. The number of benzene rings is 1. The van der Waals surface area contributed by atoms with Gasteiger partial charge in [-0.1, -0.05) is 54.3 Å². The van der Waals surface area contributed by atoms with Gasteiger partial charge in [0.1, 0.15) is 0 Å². The molecule has 0 saturated heterocycles. The largest absolute Gasteiger partial charge is 0.263 e. The molecule has 1 N–H and O–H groups in total. The highest BCUT2D eigenvalue weighted by Gasteiger charge is 1.89. The zero-order valence-electron chi connectivity index (χ0n) is 8.64. The average Bonchev–Trinajstić information content (AvgIpc) is 2.29. The number of nitrogens with one attached hydrogen (secondary N) is 1. The standard InChI is InChI=1S/C11H14N2S2/c1-15-11(14)13-12-9-5-8-10-6-3-2-4-7-10/h2-4,6-7,9H,5,8H2,1H3,(H,13,14)/b12-9+. The van der Waals surface area contributed by atoms with Gasteiger partial charge in [0.15, 0.2) is 4.32 Å². The molecule has 0 atom stereocenters. The van der Waals surface area contributed by atoms with E-state index in [9.17, 15) is 0 Å². The van der Waals surface area contributed by atoms with Gasteiger partial charge in [0.25, 0.3) is 0 Å². The summed E-state index contributed by atoms with van der Waals surface area (Å²) in [5, 5.41) is 4.02. The van der Waals surface area contributed by atoms with Gasteiger partial charge in [0, 0.05) is 6.21 Å². The Hall–Kier alpha value is -0.870. The number of hydrogen-bond acceptors (Lipinski definition) is 3. The van der Waals surface area contributed by atoms with Crippen LogP contribution in [-0.4, -0.2) is 16.8 Å². The van der Waals surface area contributed by atoms with Crippen LogP contribution in [0.3, 0.4) is 0 Å². The fourth-order valence-electron chi connectivity index (χ4n) is 1.08. The molecule has 1 aromatic rings. The molecule has 2 nitrogen and oxygen atoms in total. The van der Waals surface area contributed by atoms with Crippen LogP contribution in [0.4, 0.5) is 0 Å². The van der Waals surface area contributed by atoms with Gasteiger partial charge in [-0.25, -0.2) is 0 Å². The van der Waals surface area contributed by atoms with E-state index in [4.69, 9.17) is 12.2 Å². The van der Waals surface area contributed by atoms with E-state index in [1.807, 2.05) is 30.7 Å². The number of thiocarbonyl (C=S) groups is 1. The van der Waals surface area contributed by atoms with Crippen molar-refractivity contribution in [2.45, 2.75) is 12.8 Å². The molecule has 4 heteroatoms. The lowest BCUT2D eigenvalue weighted by Gasteiger charge is -1.98. The highest BCUT2D eigenvalue weighted by Crippen LogP contribution is 2.00. The van der Waals surface area contributed by atoms with E-state index in [1.54, 1.807) is 0 Å². The highest BCUT2D eigenvalue weighted by molar-refractivity contribution is 8.22. The molecule has 1 aromatic carbocycles. The minimum Gasteiger partial charge on any atom is -0.263 e. The molecule has 0 radical (unpaired) electrons. The summed E-state index contributed by atoms with van der Waals surface area (Å²) in [5.74, 6) is 0. The summed E-state index contributed by atoms with van der Waals surface area (Å²) >= 11 is 6.42. The van der Waals surface area contributed by atoms with Crippen LogP contribution in [0.15, 0.2) is 35.4 Å². The van der Waals surface area contributed by atoms with E-state index in [0.717, 1.165) is 12.8 Å². The second kappa shape index (κ2) is 7.43. The molecule has 0 aliphatic carbocycles. The fourth-order valence-corrected chi connectivity index (χ4v) is 1.28. The Kier molecular flexibility index (Phi) is 6.04. The van der Waals surface area contributed by atoms with Crippen LogP contribution in [0.5, 0.6) is 0 Å². The third-order valence-corrected chi connectivity index (χ3v) is 2.89. The van der Waals surface area contributed by atoms with E-state index in [-0.39, 0.29) is 0 Å². The summed E-state index contributed by atoms with van der Waals surface area (Å²) in [4.78, 5) is 0. The minimum absolute atomic E-state index is 0.700.